The molecule has 0 amide bonds. The summed E-state index contributed by atoms with van der Waals surface area (Å²) in [6.07, 6.45) is -2.24. The van der Waals surface area contributed by atoms with E-state index in [1.807, 2.05) is 20.8 Å². The van der Waals surface area contributed by atoms with Crippen molar-refractivity contribution in [3.05, 3.63) is 29.3 Å². The van der Waals surface area contributed by atoms with Crippen LogP contribution in [0.1, 0.15) is 38.0 Å². The lowest BCUT2D eigenvalue weighted by Gasteiger charge is -2.24. The number of phenolic OH excluding ortho intramolecular Hbond substituents is 1. The zero-order valence-corrected chi connectivity index (χ0v) is 10.5. The number of rotatable bonds is 3. The Balaban J connectivity index is 3.19. The van der Waals surface area contributed by atoms with Gasteiger partial charge in [0.2, 0.25) is 0 Å². The highest BCUT2D eigenvalue weighted by atomic mass is 16.3. The quantitative estimate of drug-likeness (QED) is 0.635. The first-order chi connectivity index (χ1) is 7.79. The smallest absolute Gasteiger partial charge is 0.125 e. The topological polar surface area (TPSA) is 86.7 Å². The fourth-order valence-electron chi connectivity index (χ4n) is 1.74. The predicted molar refractivity (Wildman–Crippen MR) is 66.8 cm³/mol. The molecule has 1 aromatic rings. The van der Waals surface area contributed by atoms with Gasteiger partial charge in [0.05, 0.1) is 6.10 Å². The lowest BCUT2D eigenvalue weighted by Crippen LogP contribution is -2.27. The normalized spacial score (nSPS) is 15.6. The molecule has 0 fully saturated rings. The van der Waals surface area contributed by atoms with E-state index in [2.05, 4.69) is 0 Å². The van der Waals surface area contributed by atoms with Gasteiger partial charge in [-0.15, -0.1) is 0 Å². The summed E-state index contributed by atoms with van der Waals surface area (Å²) < 4.78 is 0. The molecule has 17 heavy (non-hydrogen) atoms. The monoisotopic (exact) mass is 239 g/mol. The van der Waals surface area contributed by atoms with Crippen molar-refractivity contribution in [2.24, 2.45) is 5.73 Å². The van der Waals surface area contributed by atoms with Crippen molar-refractivity contribution in [3.8, 4) is 5.75 Å². The van der Waals surface area contributed by atoms with Gasteiger partial charge in [-0.25, -0.2) is 0 Å². The SMILES string of the molecule is CC(C)(C)c1cccc(C(O)C(O)CN)c1O. The van der Waals surface area contributed by atoms with Crippen LogP contribution in [0.2, 0.25) is 0 Å². The third-order valence-corrected chi connectivity index (χ3v) is 2.80. The second-order valence-electron chi connectivity index (χ2n) is 5.24. The van der Waals surface area contributed by atoms with Crippen molar-refractivity contribution in [3.63, 3.8) is 0 Å². The summed E-state index contributed by atoms with van der Waals surface area (Å²) in [6, 6.07) is 5.15. The molecule has 0 aliphatic carbocycles. The maximum Gasteiger partial charge on any atom is 0.125 e. The molecule has 0 aliphatic rings. The number of benzene rings is 1. The summed E-state index contributed by atoms with van der Waals surface area (Å²) in [6.45, 7) is 5.85. The molecule has 0 saturated carbocycles. The van der Waals surface area contributed by atoms with Crippen LogP contribution in [0.15, 0.2) is 18.2 Å². The Morgan fingerprint density at radius 3 is 2.29 bits per heavy atom. The lowest BCUT2D eigenvalue weighted by atomic mass is 9.84. The number of para-hydroxylation sites is 1. The molecule has 4 nitrogen and oxygen atoms in total. The van der Waals surface area contributed by atoms with Crippen molar-refractivity contribution in [1.29, 1.82) is 0 Å². The molecule has 0 radical (unpaired) electrons. The highest BCUT2D eigenvalue weighted by Gasteiger charge is 2.25. The minimum absolute atomic E-state index is 0.0278. The van der Waals surface area contributed by atoms with Gasteiger partial charge in [-0.05, 0) is 11.0 Å². The van der Waals surface area contributed by atoms with Crippen LogP contribution >= 0.6 is 0 Å². The van der Waals surface area contributed by atoms with Gasteiger partial charge in [0, 0.05) is 12.1 Å². The maximum absolute atomic E-state index is 10.1. The van der Waals surface area contributed by atoms with Crippen LogP contribution in [-0.4, -0.2) is 28.0 Å². The summed E-state index contributed by atoms with van der Waals surface area (Å²) in [5, 5.41) is 29.5. The van der Waals surface area contributed by atoms with E-state index in [1.165, 1.54) is 0 Å². The number of phenols is 1. The standard InChI is InChI=1S/C13H21NO3/c1-13(2,3)9-6-4-5-8(11(9)16)12(17)10(15)7-14/h4-6,10,12,15-17H,7,14H2,1-3H3. The number of aliphatic hydroxyl groups excluding tert-OH is 2. The third-order valence-electron chi connectivity index (χ3n) is 2.80. The zero-order chi connectivity index (χ0) is 13.2. The van der Waals surface area contributed by atoms with Gasteiger partial charge in [0.1, 0.15) is 11.9 Å². The Morgan fingerprint density at radius 1 is 1.24 bits per heavy atom. The summed E-state index contributed by atoms with van der Waals surface area (Å²) in [5.74, 6) is 0.0278. The molecule has 0 bridgehead atoms. The largest absolute Gasteiger partial charge is 0.507 e. The molecule has 1 rings (SSSR count). The second-order valence-corrected chi connectivity index (χ2v) is 5.24. The van der Waals surface area contributed by atoms with Crippen LogP contribution in [0.3, 0.4) is 0 Å². The number of aliphatic hydroxyl groups is 2. The molecule has 96 valence electrons. The van der Waals surface area contributed by atoms with Gasteiger partial charge in [-0.2, -0.15) is 0 Å². The van der Waals surface area contributed by atoms with E-state index in [1.54, 1.807) is 18.2 Å². The summed E-state index contributed by atoms with van der Waals surface area (Å²) in [7, 11) is 0. The predicted octanol–water partition coefficient (Wildman–Crippen LogP) is 1.04. The van der Waals surface area contributed by atoms with Crippen LogP contribution in [0.25, 0.3) is 0 Å². The first-order valence-electron chi connectivity index (χ1n) is 5.67. The molecular formula is C13H21NO3. The molecule has 0 heterocycles. The number of hydrogen-bond donors (Lipinski definition) is 4. The molecule has 2 unspecified atom stereocenters. The zero-order valence-electron chi connectivity index (χ0n) is 10.5. The van der Waals surface area contributed by atoms with E-state index in [4.69, 9.17) is 5.73 Å². The highest BCUT2D eigenvalue weighted by molar-refractivity contribution is 5.45. The summed E-state index contributed by atoms with van der Waals surface area (Å²) in [4.78, 5) is 0. The minimum Gasteiger partial charge on any atom is -0.507 e. The van der Waals surface area contributed by atoms with Gasteiger partial charge in [0.15, 0.2) is 0 Å². The minimum atomic E-state index is -1.16. The van der Waals surface area contributed by atoms with Crippen molar-refractivity contribution < 1.29 is 15.3 Å². The Bertz CT molecular complexity index is 385. The van der Waals surface area contributed by atoms with Gasteiger partial charge >= 0.3 is 0 Å². The van der Waals surface area contributed by atoms with Crippen molar-refractivity contribution in [2.75, 3.05) is 6.54 Å². The molecule has 1 aromatic carbocycles. The highest BCUT2D eigenvalue weighted by Crippen LogP contribution is 2.36. The van der Waals surface area contributed by atoms with E-state index < -0.39 is 12.2 Å². The first kappa shape index (κ1) is 14.0. The fraction of sp³-hybridized carbons (Fsp3) is 0.538. The fourth-order valence-corrected chi connectivity index (χ4v) is 1.74. The van der Waals surface area contributed by atoms with E-state index >= 15 is 0 Å². The maximum atomic E-state index is 10.1. The molecule has 0 aliphatic heterocycles. The Kier molecular flexibility index (Phi) is 4.14. The Labute approximate surface area is 102 Å². The van der Waals surface area contributed by atoms with Crippen molar-refractivity contribution in [1.82, 2.24) is 0 Å². The number of nitrogens with two attached hydrogens (primary N) is 1. The molecule has 2 atom stereocenters. The third kappa shape index (κ3) is 2.97. The lowest BCUT2D eigenvalue weighted by molar-refractivity contribution is 0.0228. The molecule has 4 heteroatoms. The molecule has 0 spiro atoms. The van der Waals surface area contributed by atoms with Gasteiger partial charge in [-0.3, -0.25) is 0 Å². The van der Waals surface area contributed by atoms with E-state index in [-0.39, 0.29) is 17.7 Å². The summed E-state index contributed by atoms with van der Waals surface area (Å²) >= 11 is 0. The Morgan fingerprint density at radius 2 is 1.82 bits per heavy atom. The van der Waals surface area contributed by atoms with Crippen molar-refractivity contribution >= 4 is 0 Å². The van der Waals surface area contributed by atoms with Gasteiger partial charge in [-0.1, -0.05) is 39.0 Å². The average molecular weight is 239 g/mol. The average Bonchev–Trinajstić information content (AvgIpc) is 2.25. The van der Waals surface area contributed by atoms with E-state index in [0.29, 0.717) is 5.56 Å². The van der Waals surface area contributed by atoms with E-state index in [0.717, 1.165) is 5.56 Å². The van der Waals surface area contributed by atoms with Crippen LogP contribution in [0.4, 0.5) is 0 Å². The van der Waals surface area contributed by atoms with Crippen LogP contribution in [0, 0.1) is 0 Å². The molecule has 5 N–H and O–H groups in total. The van der Waals surface area contributed by atoms with Gasteiger partial charge < -0.3 is 21.1 Å². The first-order valence-corrected chi connectivity index (χ1v) is 5.67. The Hall–Kier alpha value is -1.10. The van der Waals surface area contributed by atoms with Crippen LogP contribution in [0.5, 0.6) is 5.75 Å². The molecule has 0 aromatic heterocycles. The molecular weight excluding hydrogens is 218 g/mol. The van der Waals surface area contributed by atoms with E-state index in [9.17, 15) is 15.3 Å². The van der Waals surface area contributed by atoms with Crippen molar-refractivity contribution in [2.45, 2.75) is 38.4 Å². The van der Waals surface area contributed by atoms with Gasteiger partial charge in [0.25, 0.3) is 0 Å². The number of aromatic hydroxyl groups is 1. The molecule has 0 saturated heterocycles. The summed E-state index contributed by atoms with van der Waals surface area (Å²) in [5.41, 5.74) is 6.11. The second kappa shape index (κ2) is 5.04. The van der Waals surface area contributed by atoms with Crippen LogP contribution < -0.4 is 5.73 Å². The van der Waals surface area contributed by atoms with Crippen LogP contribution in [-0.2, 0) is 5.41 Å². The number of hydrogen-bond acceptors (Lipinski definition) is 4.